The minimum absolute atomic E-state index is 0.0334. The molecule has 1 saturated heterocycles. The molecule has 1 aliphatic rings. The monoisotopic (exact) mass is 350 g/mol. The Kier molecular flexibility index (Phi) is 5.77. The van der Waals surface area contributed by atoms with Crippen LogP contribution in [-0.4, -0.2) is 53.4 Å². The number of anilines is 1. The fourth-order valence-corrected chi connectivity index (χ4v) is 4.19. The number of rotatable bonds is 5. The number of amides is 1. The van der Waals surface area contributed by atoms with Crippen molar-refractivity contribution in [2.45, 2.75) is 19.9 Å². The maximum Gasteiger partial charge on any atom is 0.240 e. The van der Waals surface area contributed by atoms with Gasteiger partial charge in [0.15, 0.2) is 5.13 Å². The van der Waals surface area contributed by atoms with Gasteiger partial charge in [-0.25, -0.2) is 4.98 Å². The van der Waals surface area contributed by atoms with E-state index in [1.54, 1.807) is 0 Å². The van der Waals surface area contributed by atoms with Crippen LogP contribution < -0.4 is 5.32 Å². The highest BCUT2D eigenvalue weighted by molar-refractivity contribution is 7.13. The van der Waals surface area contributed by atoms with Crippen molar-refractivity contribution in [1.82, 2.24) is 14.8 Å². The van der Waals surface area contributed by atoms with E-state index < -0.39 is 0 Å². The molecular weight excluding hydrogens is 328 g/mol. The SMILES string of the molecule is Cc1csc(NC(=O)CN2CCCN(Cc3cccs3)CC2)n1. The molecule has 7 heteroatoms. The van der Waals surface area contributed by atoms with Gasteiger partial charge in [0.2, 0.25) is 5.91 Å². The van der Waals surface area contributed by atoms with Crippen LogP contribution in [0.25, 0.3) is 0 Å². The zero-order valence-electron chi connectivity index (χ0n) is 13.3. The van der Waals surface area contributed by atoms with E-state index in [0.717, 1.165) is 44.8 Å². The Morgan fingerprint density at radius 2 is 2.09 bits per heavy atom. The van der Waals surface area contributed by atoms with E-state index in [-0.39, 0.29) is 5.91 Å². The van der Waals surface area contributed by atoms with Crippen LogP contribution in [0.1, 0.15) is 17.0 Å². The molecule has 3 heterocycles. The van der Waals surface area contributed by atoms with Crippen LogP contribution in [0.2, 0.25) is 0 Å². The Labute approximate surface area is 144 Å². The number of carbonyl (C=O) groups excluding carboxylic acids is 1. The topological polar surface area (TPSA) is 48.5 Å². The van der Waals surface area contributed by atoms with E-state index in [1.165, 1.54) is 16.2 Å². The Hall–Kier alpha value is -1.28. The largest absolute Gasteiger partial charge is 0.301 e. The molecule has 0 bridgehead atoms. The van der Waals surface area contributed by atoms with Gasteiger partial charge in [-0.1, -0.05) is 6.07 Å². The fraction of sp³-hybridized carbons (Fsp3) is 0.500. The third kappa shape index (κ3) is 5.10. The molecule has 0 saturated carbocycles. The van der Waals surface area contributed by atoms with Crippen LogP contribution in [0.15, 0.2) is 22.9 Å². The number of carbonyl (C=O) groups is 1. The summed E-state index contributed by atoms with van der Waals surface area (Å²) in [6.07, 6.45) is 1.11. The van der Waals surface area contributed by atoms with Crippen molar-refractivity contribution in [3.63, 3.8) is 0 Å². The van der Waals surface area contributed by atoms with Crippen LogP contribution in [0.4, 0.5) is 5.13 Å². The first-order chi connectivity index (χ1) is 11.2. The lowest BCUT2D eigenvalue weighted by atomic mass is 10.3. The maximum absolute atomic E-state index is 12.1. The number of nitrogens with zero attached hydrogens (tertiary/aromatic N) is 3. The van der Waals surface area contributed by atoms with Crippen molar-refractivity contribution in [3.05, 3.63) is 33.5 Å². The average molecular weight is 351 g/mol. The number of aryl methyl sites for hydroxylation is 1. The Morgan fingerprint density at radius 3 is 2.83 bits per heavy atom. The standard InChI is InChI=1S/C16H22N4OS2/c1-13-12-23-16(17-13)18-15(21)11-20-6-3-5-19(7-8-20)10-14-4-2-9-22-14/h2,4,9,12H,3,5-8,10-11H2,1H3,(H,17,18,21). The van der Waals surface area contributed by atoms with Gasteiger partial charge in [0.1, 0.15) is 0 Å². The van der Waals surface area contributed by atoms with Crippen molar-refractivity contribution in [1.29, 1.82) is 0 Å². The summed E-state index contributed by atoms with van der Waals surface area (Å²) in [5.41, 5.74) is 0.948. The average Bonchev–Trinajstić information content (AvgIpc) is 3.10. The molecular formula is C16H22N4OS2. The van der Waals surface area contributed by atoms with Crippen molar-refractivity contribution < 1.29 is 4.79 Å². The first-order valence-electron chi connectivity index (χ1n) is 7.88. The number of aromatic nitrogens is 1. The van der Waals surface area contributed by atoms with Gasteiger partial charge in [0, 0.05) is 29.9 Å². The number of thiazole rings is 1. The molecule has 0 aromatic carbocycles. The molecule has 3 rings (SSSR count). The van der Waals surface area contributed by atoms with Crippen molar-refractivity contribution >= 4 is 33.7 Å². The molecule has 1 amide bonds. The molecule has 1 fully saturated rings. The van der Waals surface area contributed by atoms with Gasteiger partial charge in [0.05, 0.1) is 12.2 Å². The first-order valence-corrected chi connectivity index (χ1v) is 9.64. The smallest absolute Gasteiger partial charge is 0.240 e. The summed E-state index contributed by atoms with van der Waals surface area (Å²) in [5.74, 6) is 0.0334. The third-order valence-corrected chi connectivity index (χ3v) is 5.61. The second kappa shape index (κ2) is 8.01. The molecule has 124 valence electrons. The Balaban J connectivity index is 1.45. The summed E-state index contributed by atoms with van der Waals surface area (Å²) in [4.78, 5) is 22.6. The molecule has 0 unspecified atom stereocenters. The zero-order chi connectivity index (χ0) is 16.1. The molecule has 0 aliphatic carbocycles. The van der Waals surface area contributed by atoms with Gasteiger partial charge in [0.25, 0.3) is 0 Å². The summed E-state index contributed by atoms with van der Waals surface area (Å²) in [6, 6.07) is 4.30. The lowest BCUT2D eigenvalue weighted by molar-refractivity contribution is -0.117. The summed E-state index contributed by atoms with van der Waals surface area (Å²) in [6.45, 7) is 7.44. The highest BCUT2D eigenvalue weighted by Gasteiger charge is 2.18. The molecule has 2 aromatic rings. The van der Waals surface area contributed by atoms with Crippen LogP contribution in [0.3, 0.4) is 0 Å². The van der Waals surface area contributed by atoms with Gasteiger partial charge in [-0.05, 0) is 37.9 Å². The number of nitrogens with one attached hydrogen (secondary N) is 1. The number of hydrogen-bond acceptors (Lipinski definition) is 6. The van der Waals surface area contributed by atoms with E-state index in [9.17, 15) is 4.79 Å². The van der Waals surface area contributed by atoms with E-state index in [1.807, 2.05) is 23.6 Å². The Bertz CT molecular complexity index is 626. The number of hydrogen-bond donors (Lipinski definition) is 1. The van der Waals surface area contributed by atoms with E-state index in [0.29, 0.717) is 11.7 Å². The number of thiophene rings is 1. The third-order valence-electron chi connectivity index (χ3n) is 3.87. The zero-order valence-corrected chi connectivity index (χ0v) is 15.0. The van der Waals surface area contributed by atoms with Crippen LogP contribution in [-0.2, 0) is 11.3 Å². The summed E-state index contributed by atoms with van der Waals surface area (Å²) < 4.78 is 0. The molecule has 0 spiro atoms. The molecule has 1 aliphatic heterocycles. The van der Waals surface area contributed by atoms with Crippen molar-refractivity contribution in [2.75, 3.05) is 38.0 Å². The van der Waals surface area contributed by atoms with Gasteiger partial charge in [-0.15, -0.1) is 22.7 Å². The lowest BCUT2D eigenvalue weighted by Crippen LogP contribution is -2.36. The fourth-order valence-electron chi connectivity index (χ4n) is 2.74. The van der Waals surface area contributed by atoms with Crippen LogP contribution in [0, 0.1) is 6.92 Å². The lowest BCUT2D eigenvalue weighted by Gasteiger charge is -2.20. The molecule has 2 aromatic heterocycles. The molecule has 1 N–H and O–H groups in total. The molecule has 0 atom stereocenters. The molecule has 5 nitrogen and oxygen atoms in total. The first kappa shape index (κ1) is 16.6. The van der Waals surface area contributed by atoms with Crippen molar-refractivity contribution in [3.8, 4) is 0 Å². The minimum Gasteiger partial charge on any atom is -0.301 e. The van der Waals surface area contributed by atoms with E-state index >= 15 is 0 Å². The van der Waals surface area contributed by atoms with Gasteiger partial charge >= 0.3 is 0 Å². The molecule has 23 heavy (non-hydrogen) atoms. The van der Waals surface area contributed by atoms with E-state index in [2.05, 4.69) is 37.6 Å². The molecule has 0 radical (unpaired) electrons. The second-order valence-electron chi connectivity index (χ2n) is 5.83. The predicted octanol–water partition coefficient (Wildman–Crippen LogP) is 2.66. The van der Waals surface area contributed by atoms with Crippen LogP contribution in [0.5, 0.6) is 0 Å². The predicted molar refractivity (Wildman–Crippen MR) is 96.1 cm³/mol. The summed E-state index contributed by atoms with van der Waals surface area (Å²) >= 11 is 3.29. The highest BCUT2D eigenvalue weighted by atomic mass is 32.1. The highest BCUT2D eigenvalue weighted by Crippen LogP contribution is 2.15. The maximum atomic E-state index is 12.1. The van der Waals surface area contributed by atoms with Gasteiger partial charge in [-0.3, -0.25) is 14.6 Å². The summed E-state index contributed by atoms with van der Waals surface area (Å²) in [7, 11) is 0. The second-order valence-corrected chi connectivity index (χ2v) is 7.72. The van der Waals surface area contributed by atoms with Gasteiger partial charge < -0.3 is 5.32 Å². The quantitative estimate of drug-likeness (QED) is 0.901. The normalized spacial score (nSPS) is 17.1. The summed E-state index contributed by atoms with van der Waals surface area (Å²) in [5, 5.41) is 7.67. The Morgan fingerprint density at radius 1 is 1.26 bits per heavy atom. The van der Waals surface area contributed by atoms with Crippen molar-refractivity contribution in [2.24, 2.45) is 0 Å². The van der Waals surface area contributed by atoms with Gasteiger partial charge in [-0.2, -0.15) is 0 Å². The van der Waals surface area contributed by atoms with Crippen LogP contribution >= 0.6 is 22.7 Å². The van der Waals surface area contributed by atoms with E-state index in [4.69, 9.17) is 0 Å². The minimum atomic E-state index is 0.0334.